The van der Waals surface area contributed by atoms with E-state index in [2.05, 4.69) is 12.2 Å². The van der Waals surface area contributed by atoms with Crippen molar-refractivity contribution in [2.24, 2.45) is 0 Å². The van der Waals surface area contributed by atoms with Crippen LogP contribution in [0.2, 0.25) is 5.02 Å². The van der Waals surface area contributed by atoms with Gasteiger partial charge in [-0.3, -0.25) is 0 Å². The molecule has 1 N–H and O–H groups in total. The summed E-state index contributed by atoms with van der Waals surface area (Å²) >= 11 is 6.08. The maximum Gasteiger partial charge on any atom is 0.124 e. The summed E-state index contributed by atoms with van der Waals surface area (Å²) in [6.45, 7) is 3.30. The molecule has 17 heavy (non-hydrogen) atoms. The van der Waals surface area contributed by atoms with Crippen molar-refractivity contribution in [1.82, 2.24) is 5.32 Å². The number of benzene rings is 1. The van der Waals surface area contributed by atoms with Crippen molar-refractivity contribution in [2.75, 3.05) is 6.54 Å². The second-order valence-electron chi connectivity index (χ2n) is 5.21. The number of hydrogen-bond acceptors (Lipinski definition) is 1. The molecule has 1 nitrogen and oxygen atoms in total. The van der Waals surface area contributed by atoms with Crippen LogP contribution in [0.25, 0.3) is 0 Å². The number of hydrogen-bond donors (Lipinski definition) is 1. The quantitative estimate of drug-likeness (QED) is 0.844. The first-order chi connectivity index (χ1) is 8.09. The maximum atomic E-state index is 13.0. The molecule has 0 aliphatic carbocycles. The molecule has 0 radical (unpaired) electrons. The molecule has 0 spiro atoms. The molecule has 0 amide bonds. The van der Waals surface area contributed by atoms with E-state index in [1.807, 2.05) is 0 Å². The minimum Gasteiger partial charge on any atom is -0.311 e. The highest BCUT2D eigenvalue weighted by Crippen LogP contribution is 2.27. The van der Waals surface area contributed by atoms with E-state index in [-0.39, 0.29) is 11.4 Å². The molecule has 1 unspecified atom stereocenters. The van der Waals surface area contributed by atoms with Crippen LogP contribution >= 0.6 is 11.6 Å². The summed E-state index contributed by atoms with van der Waals surface area (Å²) in [6.07, 6.45) is 5.81. The summed E-state index contributed by atoms with van der Waals surface area (Å²) < 4.78 is 13.0. The van der Waals surface area contributed by atoms with Crippen LogP contribution < -0.4 is 5.32 Å². The van der Waals surface area contributed by atoms with Crippen molar-refractivity contribution in [1.29, 1.82) is 0 Å². The summed E-state index contributed by atoms with van der Waals surface area (Å²) in [7, 11) is 0. The van der Waals surface area contributed by atoms with E-state index < -0.39 is 0 Å². The van der Waals surface area contributed by atoms with E-state index in [0.29, 0.717) is 5.02 Å². The van der Waals surface area contributed by atoms with Crippen LogP contribution in [-0.4, -0.2) is 12.1 Å². The lowest BCUT2D eigenvalue weighted by Gasteiger charge is -2.30. The number of nitrogens with one attached hydrogen (secondary N) is 1. The van der Waals surface area contributed by atoms with Crippen LogP contribution in [0.15, 0.2) is 18.2 Å². The fourth-order valence-corrected chi connectivity index (χ4v) is 2.77. The molecule has 1 aromatic carbocycles. The van der Waals surface area contributed by atoms with Crippen LogP contribution in [0, 0.1) is 5.82 Å². The first-order valence-electron chi connectivity index (χ1n) is 6.28. The van der Waals surface area contributed by atoms with Gasteiger partial charge in [-0.15, -0.1) is 0 Å². The van der Waals surface area contributed by atoms with E-state index in [4.69, 9.17) is 11.6 Å². The molecule has 3 heteroatoms. The summed E-state index contributed by atoms with van der Waals surface area (Å²) in [5.41, 5.74) is 1.13. The van der Waals surface area contributed by atoms with Gasteiger partial charge in [0.05, 0.1) is 0 Å². The van der Waals surface area contributed by atoms with Gasteiger partial charge in [-0.1, -0.05) is 30.5 Å². The largest absolute Gasteiger partial charge is 0.311 e. The van der Waals surface area contributed by atoms with Crippen molar-refractivity contribution < 1.29 is 4.39 Å². The molecule has 0 saturated carbocycles. The Labute approximate surface area is 107 Å². The Morgan fingerprint density at radius 1 is 1.35 bits per heavy atom. The second kappa shape index (κ2) is 5.36. The molecule has 1 aromatic rings. The highest BCUT2D eigenvalue weighted by atomic mass is 35.5. The molecule has 1 aliphatic rings. The SMILES string of the molecule is CC1(Cc2ccc(F)cc2Cl)CCCCCN1. The molecular formula is C14H19ClFN. The Morgan fingerprint density at radius 2 is 2.18 bits per heavy atom. The predicted octanol–water partition coefficient (Wildman–Crippen LogP) is 3.94. The summed E-state index contributed by atoms with van der Waals surface area (Å²) in [5, 5.41) is 4.14. The van der Waals surface area contributed by atoms with Gasteiger partial charge in [-0.25, -0.2) is 4.39 Å². The van der Waals surface area contributed by atoms with Crippen molar-refractivity contribution >= 4 is 11.6 Å². The van der Waals surface area contributed by atoms with Crippen LogP contribution in [0.3, 0.4) is 0 Å². The third-order valence-electron chi connectivity index (χ3n) is 3.55. The highest BCUT2D eigenvalue weighted by Gasteiger charge is 2.26. The Morgan fingerprint density at radius 3 is 2.94 bits per heavy atom. The Hall–Kier alpha value is -0.600. The van der Waals surface area contributed by atoms with Gasteiger partial charge in [0.1, 0.15) is 5.82 Å². The predicted molar refractivity (Wildman–Crippen MR) is 70.0 cm³/mol. The van der Waals surface area contributed by atoms with Crippen LogP contribution in [-0.2, 0) is 6.42 Å². The molecule has 1 atom stereocenters. The molecule has 0 aromatic heterocycles. The normalized spacial score (nSPS) is 25.6. The van der Waals surface area contributed by atoms with E-state index in [0.717, 1.165) is 24.9 Å². The van der Waals surface area contributed by atoms with E-state index in [1.54, 1.807) is 6.07 Å². The highest BCUT2D eigenvalue weighted by molar-refractivity contribution is 6.31. The molecule has 2 rings (SSSR count). The Balaban J connectivity index is 2.12. The summed E-state index contributed by atoms with van der Waals surface area (Å²) in [5.74, 6) is -0.266. The zero-order valence-electron chi connectivity index (χ0n) is 10.2. The van der Waals surface area contributed by atoms with Gasteiger partial charge < -0.3 is 5.32 Å². The lowest BCUT2D eigenvalue weighted by molar-refractivity contribution is 0.345. The van der Waals surface area contributed by atoms with Gasteiger partial charge in [-0.05, 0) is 50.4 Å². The fraction of sp³-hybridized carbons (Fsp3) is 0.571. The van der Waals surface area contributed by atoms with Crippen LogP contribution in [0.1, 0.15) is 38.2 Å². The lowest BCUT2D eigenvalue weighted by atomic mass is 9.88. The molecule has 1 heterocycles. The van der Waals surface area contributed by atoms with Crippen LogP contribution in [0.4, 0.5) is 4.39 Å². The van der Waals surface area contributed by atoms with Gasteiger partial charge in [0, 0.05) is 10.6 Å². The first kappa shape index (κ1) is 12.8. The van der Waals surface area contributed by atoms with Gasteiger partial charge in [-0.2, -0.15) is 0 Å². The monoisotopic (exact) mass is 255 g/mol. The molecule has 0 bridgehead atoms. The maximum absolute atomic E-state index is 13.0. The van der Waals surface area contributed by atoms with Crippen molar-refractivity contribution in [2.45, 2.75) is 44.6 Å². The van der Waals surface area contributed by atoms with E-state index in [1.165, 1.54) is 31.4 Å². The topological polar surface area (TPSA) is 12.0 Å². The van der Waals surface area contributed by atoms with Gasteiger partial charge in [0.15, 0.2) is 0 Å². The fourth-order valence-electron chi connectivity index (χ4n) is 2.53. The second-order valence-corrected chi connectivity index (χ2v) is 5.62. The van der Waals surface area contributed by atoms with Gasteiger partial charge >= 0.3 is 0 Å². The van der Waals surface area contributed by atoms with E-state index in [9.17, 15) is 4.39 Å². The Bertz CT molecular complexity index is 384. The van der Waals surface area contributed by atoms with Crippen molar-refractivity contribution in [3.63, 3.8) is 0 Å². The molecule has 1 saturated heterocycles. The summed E-state index contributed by atoms with van der Waals surface area (Å²) in [6, 6.07) is 4.69. The van der Waals surface area contributed by atoms with Crippen molar-refractivity contribution in [3.05, 3.63) is 34.6 Å². The molecule has 1 fully saturated rings. The third kappa shape index (κ3) is 3.43. The molecular weight excluding hydrogens is 237 g/mol. The van der Waals surface area contributed by atoms with Crippen molar-refractivity contribution in [3.8, 4) is 0 Å². The third-order valence-corrected chi connectivity index (χ3v) is 3.90. The smallest absolute Gasteiger partial charge is 0.124 e. The standard InChI is InChI=1S/C14H19ClFN/c1-14(7-3-2-4-8-17-14)10-11-5-6-12(16)9-13(11)15/h5-6,9,17H,2-4,7-8,10H2,1H3. The summed E-state index contributed by atoms with van der Waals surface area (Å²) in [4.78, 5) is 0. The average molecular weight is 256 g/mol. The van der Waals surface area contributed by atoms with Crippen LogP contribution in [0.5, 0.6) is 0 Å². The lowest BCUT2D eigenvalue weighted by Crippen LogP contribution is -2.43. The number of rotatable bonds is 2. The average Bonchev–Trinajstić information content (AvgIpc) is 2.48. The zero-order chi connectivity index (χ0) is 12.3. The van der Waals surface area contributed by atoms with Gasteiger partial charge in [0.2, 0.25) is 0 Å². The first-order valence-corrected chi connectivity index (χ1v) is 6.66. The minimum absolute atomic E-state index is 0.0952. The molecule has 1 aliphatic heterocycles. The van der Waals surface area contributed by atoms with Gasteiger partial charge in [0.25, 0.3) is 0 Å². The van der Waals surface area contributed by atoms with E-state index >= 15 is 0 Å². The zero-order valence-corrected chi connectivity index (χ0v) is 11.0. The number of halogens is 2. The minimum atomic E-state index is -0.266. The Kier molecular flexibility index (Phi) is 4.05. The molecule has 94 valence electrons.